The Bertz CT molecular complexity index is 1420. The molecule has 0 amide bonds. The number of benzene rings is 2. The molecule has 0 saturated heterocycles. The molecule has 0 aliphatic carbocycles. The maximum absolute atomic E-state index is 14.0. The topological polar surface area (TPSA) is 113 Å². The van der Waals surface area contributed by atoms with Crippen LogP contribution in [0.15, 0.2) is 53.3 Å². The van der Waals surface area contributed by atoms with E-state index in [0.29, 0.717) is 41.3 Å². The Morgan fingerprint density at radius 2 is 1.83 bits per heavy atom. The highest BCUT2D eigenvalue weighted by Crippen LogP contribution is 2.37. The molecule has 0 atom stereocenters. The zero-order valence-electron chi connectivity index (χ0n) is 19.4. The maximum Gasteiger partial charge on any atom is 0.418 e. The van der Waals surface area contributed by atoms with E-state index in [-0.39, 0.29) is 17.0 Å². The SMILES string of the molecule is COc1cc(OC)cc(-c2nn(-c3cc(C(=N)/C=C\C=N)ccc3C(F)(F)F)c(=O)c3c2CCN3)c1. The molecule has 4 rings (SSSR count). The minimum absolute atomic E-state index is 0.126. The number of nitrogens with zero attached hydrogens (tertiary/aromatic N) is 2. The lowest BCUT2D eigenvalue weighted by Crippen LogP contribution is -2.27. The van der Waals surface area contributed by atoms with Crippen molar-refractivity contribution < 1.29 is 22.6 Å². The van der Waals surface area contributed by atoms with E-state index in [1.54, 1.807) is 18.2 Å². The van der Waals surface area contributed by atoms with Crippen LogP contribution >= 0.6 is 0 Å². The van der Waals surface area contributed by atoms with E-state index in [0.717, 1.165) is 29.1 Å². The molecule has 3 N–H and O–H groups in total. The molecular weight excluding hydrogens is 475 g/mol. The van der Waals surface area contributed by atoms with Crippen molar-refractivity contribution in [2.75, 3.05) is 26.1 Å². The van der Waals surface area contributed by atoms with Crippen LogP contribution in [-0.4, -0.2) is 42.5 Å². The molecule has 8 nitrogen and oxygen atoms in total. The average Bonchev–Trinajstić information content (AvgIpc) is 3.37. The van der Waals surface area contributed by atoms with Crippen LogP contribution < -0.4 is 20.3 Å². The molecule has 0 bridgehead atoms. The third kappa shape index (κ3) is 4.59. The van der Waals surface area contributed by atoms with Gasteiger partial charge in [-0.1, -0.05) is 6.07 Å². The average molecular weight is 497 g/mol. The Morgan fingerprint density at radius 1 is 1.14 bits per heavy atom. The zero-order chi connectivity index (χ0) is 26.0. The first-order chi connectivity index (χ1) is 17.2. The van der Waals surface area contributed by atoms with E-state index in [1.165, 1.54) is 26.4 Å². The highest BCUT2D eigenvalue weighted by molar-refractivity contribution is 6.08. The monoisotopic (exact) mass is 497 g/mol. The van der Waals surface area contributed by atoms with E-state index >= 15 is 0 Å². The number of halogens is 3. The van der Waals surface area contributed by atoms with Crippen LogP contribution in [-0.2, 0) is 12.6 Å². The summed E-state index contributed by atoms with van der Waals surface area (Å²) in [6, 6.07) is 8.05. The maximum atomic E-state index is 14.0. The molecule has 11 heteroatoms. The summed E-state index contributed by atoms with van der Waals surface area (Å²) < 4.78 is 53.4. The molecular formula is C25H22F3N5O3. The molecule has 0 fully saturated rings. The fraction of sp³-hybridized carbons (Fsp3) is 0.200. The Kier molecular flexibility index (Phi) is 6.65. The first-order valence-electron chi connectivity index (χ1n) is 10.8. The minimum atomic E-state index is -4.78. The molecule has 0 radical (unpaired) electrons. The first-order valence-corrected chi connectivity index (χ1v) is 10.8. The van der Waals surface area contributed by atoms with Gasteiger partial charge in [-0.25, -0.2) is 0 Å². The van der Waals surface area contributed by atoms with Gasteiger partial charge in [-0.3, -0.25) is 4.79 Å². The second-order valence-corrected chi connectivity index (χ2v) is 7.87. The Morgan fingerprint density at radius 3 is 2.44 bits per heavy atom. The number of ether oxygens (including phenoxy) is 2. The van der Waals surface area contributed by atoms with E-state index in [2.05, 4.69) is 10.4 Å². The van der Waals surface area contributed by atoms with Crippen molar-refractivity contribution in [1.29, 1.82) is 10.8 Å². The van der Waals surface area contributed by atoms with Gasteiger partial charge in [0.05, 0.1) is 36.9 Å². The summed E-state index contributed by atoms with van der Waals surface area (Å²) in [5.41, 5.74) is -0.749. The molecule has 2 aromatic carbocycles. The van der Waals surface area contributed by atoms with Gasteiger partial charge in [-0.05, 0) is 42.8 Å². The van der Waals surface area contributed by atoms with Crippen LogP contribution in [0.3, 0.4) is 0 Å². The number of nitrogens with one attached hydrogen (secondary N) is 3. The largest absolute Gasteiger partial charge is 0.497 e. The Balaban J connectivity index is 2.02. The van der Waals surface area contributed by atoms with Crippen molar-refractivity contribution in [3.8, 4) is 28.4 Å². The predicted molar refractivity (Wildman–Crippen MR) is 130 cm³/mol. The molecule has 1 aromatic heterocycles. The normalized spacial score (nSPS) is 12.8. The summed E-state index contributed by atoms with van der Waals surface area (Å²) in [6.45, 7) is 0.426. The minimum Gasteiger partial charge on any atom is -0.497 e. The first kappa shape index (κ1) is 24.7. The van der Waals surface area contributed by atoms with Crippen molar-refractivity contribution in [3.05, 3.63) is 75.6 Å². The van der Waals surface area contributed by atoms with Gasteiger partial charge < -0.3 is 25.6 Å². The summed E-state index contributed by atoms with van der Waals surface area (Å²) >= 11 is 0. The van der Waals surface area contributed by atoms with Gasteiger partial charge >= 0.3 is 6.18 Å². The van der Waals surface area contributed by atoms with Crippen molar-refractivity contribution in [3.63, 3.8) is 0 Å². The standard InChI is InChI=1S/C25H22F3N5O3/c1-35-16-10-15(11-17(13-16)36-2)22-18-7-9-31-23(18)24(34)33(32-22)21-12-14(20(30)4-3-8-29)5-6-19(21)25(26,27)28/h3-6,8,10-13,29-31H,7,9H2,1-2H3/b4-3-,29-8?,30-20?. The van der Waals surface area contributed by atoms with Crippen LogP contribution in [0.4, 0.5) is 18.9 Å². The molecule has 1 aliphatic rings. The third-order valence-electron chi connectivity index (χ3n) is 5.70. The summed E-state index contributed by atoms with van der Waals surface area (Å²) in [5.74, 6) is 0.904. The number of alkyl halides is 3. The second-order valence-electron chi connectivity index (χ2n) is 7.87. The molecule has 0 spiro atoms. The van der Waals surface area contributed by atoms with Gasteiger partial charge in [0.1, 0.15) is 17.2 Å². The lowest BCUT2D eigenvalue weighted by molar-refractivity contribution is -0.137. The van der Waals surface area contributed by atoms with Gasteiger partial charge in [-0.2, -0.15) is 23.0 Å². The number of anilines is 1. The van der Waals surface area contributed by atoms with Crippen LogP contribution in [0, 0.1) is 10.8 Å². The van der Waals surface area contributed by atoms with Crippen LogP contribution in [0.5, 0.6) is 11.5 Å². The summed E-state index contributed by atoms with van der Waals surface area (Å²) in [7, 11) is 2.95. The molecule has 3 aromatic rings. The van der Waals surface area contributed by atoms with Crippen LogP contribution in [0.25, 0.3) is 16.9 Å². The highest BCUT2D eigenvalue weighted by Gasteiger charge is 2.36. The molecule has 186 valence electrons. The number of rotatable bonds is 7. The van der Waals surface area contributed by atoms with Crippen molar-refractivity contribution in [2.24, 2.45) is 0 Å². The number of aromatic nitrogens is 2. The summed E-state index contributed by atoms with van der Waals surface area (Å²) in [4.78, 5) is 13.3. The molecule has 1 aliphatic heterocycles. The molecule has 0 unspecified atom stereocenters. The second kappa shape index (κ2) is 9.68. The number of allylic oxidation sites excluding steroid dienone is 2. The zero-order valence-corrected chi connectivity index (χ0v) is 19.4. The van der Waals surface area contributed by atoms with Crippen molar-refractivity contribution in [2.45, 2.75) is 12.6 Å². The number of hydrogen-bond donors (Lipinski definition) is 3. The number of fused-ring (bicyclic) bond motifs is 1. The number of methoxy groups -OCH3 is 2. The summed E-state index contributed by atoms with van der Waals surface area (Å²) in [6.07, 6.45) is -0.829. The highest BCUT2D eigenvalue weighted by atomic mass is 19.4. The molecule has 36 heavy (non-hydrogen) atoms. The van der Waals surface area contributed by atoms with Crippen LogP contribution in [0.2, 0.25) is 0 Å². The van der Waals surface area contributed by atoms with Gasteiger partial charge in [0.2, 0.25) is 0 Å². The Labute approximate surface area is 204 Å². The number of hydrogen-bond acceptors (Lipinski definition) is 7. The third-order valence-corrected chi connectivity index (χ3v) is 5.70. The Hall–Kier alpha value is -4.41. The van der Waals surface area contributed by atoms with Crippen LogP contribution in [0.1, 0.15) is 16.7 Å². The van der Waals surface area contributed by atoms with Crippen molar-refractivity contribution >= 4 is 17.6 Å². The molecule has 2 heterocycles. The van der Waals surface area contributed by atoms with Gasteiger partial charge in [-0.15, -0.1) is 0 Å². The quantitative estimate of drug-likeness (QED) is 0.417. The van der Waals surface area contributed by atoms with Gasteiger partial charge in [0, 0.05) is 35.5 Å². The predicted octanol–water partition coefficient (Wildman–Crippen LogP) is 4.48. The fourth-order valence-electron chi connectivity index (χ4n) is 3.99. The fourth-order valence-corrected chi connectivity index (χ4v) is 3.99. The summed E-state index contributed by atoms with van der Waals surface area (Å²) in [5, 5.41) is 22.6. The smallest absolute Gasteiger partial charge is 0.418 e. The lowest BCUT2D eigenvalue weighted by Gasteiger charge is -2.18. The van der Waals surface area contributed by atoms with Gasteiger partial charge in [0.15, 0.2) is 0 Å². The van der Waals surface area contributed by atoms with Gasteiger partial charge in [0.25, 0.3) is 5.56 Å². The lowest BCUT2D eigenvalue weighted by atomic mass is 10.0. The van der Waals surface area contributed by atoms with E-state index in [4.69, 9.17) is 20.3 Å². The molecule has 0 saturated carbocycles. The van der Waals surface area contributed by atoms with Crippen molar-refractivity contribution in [1.82, 2.24) is 9.78 Å². The van der Waals surface area contributed by atoms with E-state index in [1.807, 2.05) is 0 Å². The van der Waals surface area contributed by atoms with E-state index in [9.17, 15) is 18.0 Å². The van der Waals surface area contributed by atoms with E-state index < -0.39 is 23.0 Å².